The number of benzene rings is 2. The van der Waals surface area contributed by atoms with E-state index in [0.29, 0.717) is 0 Å². The minimum absolute atomic E-state index is 0.317. The van der Waals surface area contributed by atoms with E-state index in [1.165, 1.54) is 0 Å². The van der Waals surface area contributed by atoms with Gasteiger partial charge in [-0.1, -0.05) is 0 Å². The van der Waals surface area contributed by atoms with Crippen molar-refractivity contribution in [2.45, 2.75) is 60.9 Å². The molecule has 18 nitrogen and oxygen atoms in total. The lowest BCUT2D eigenvalue weighted by atomic mass is 9.85. The lowest BCUT2D eigenvalue weighted by molar-refractivity contribution is -0.426. The van der Waals surface area contributed by atoms with Gasteiger partial charge >= 0.3 is 5.97 Å². The van der Waals surface area contributed by atoms with Gasteiger partial charge in [-0.2, -0.15) is 0 Å². The van der Waals surface area contributed by atoms with Gasteiger partial charge in [-0.25, -0.2) is 4.79 Å². The SMILES string of the molecule is O=C(O)[C@H]1O[C@](O[C@@H]2O[C@H](CO)[C@H](O)[C@H](O)[C@H]2O)(c2c(-c3ccc(O)c(O)c3)oc3cc(O)cc(O)c3c2=O)[C@H](O)[C@@H](O)[C@@H]1O. The number of aliphatic hydroxyl groups is 7. The summed E-state index contributed by atoms with van der Waals surface area (Å²) in [5.41, 5.74) is -3.30. The first kappa shape index (κ1) is 32.3. The number of aromatic hydroxyl groups is 4. The molecule has 12 N–H and O–H groups in total. The van der Waals surface area contributed by atoms with E-state index in [9.17, 15) is 70.9 Å². The normalized spacial score (nSPS) is 33.7. The second-order valence-corrected chi connectivity index (χ2v) is 10.5. The van der Waals surface area contributed by atoms with E-state index in [4.69, 9.17) is 18.6 Å². The molecular formula is C27H28O18. The highest BCUT2D eigenvalue weighted by Gasteiger charge is 2.62. The summed E-state index contributed by atoms with van der Waals surface area (Å²) < 4.78 is 22.4. The Labute approximate surface area is 250 Å². The van der Waals surface area contributed by atoms with Crippen LogP contribution in [0.4, 0.5) is 0 Å². The Balaban J connectivity index is 1.88. The number of phenolic OH excluding ortho intramolecular Hbond substituents is 4. The highest BCUT2D eigenvalue weighted by Crippen LogP contribution is 2.47. The van der Waals surface area contributed by atoms with Crippen LogP contribution in [0.3, 0.4) is 0 Å². The van der Waals surface area contributed by atoms with Crippen LogP contribution in [0.25, 0.3) is 22.3 Å². The monoisotopic (exact) mass is 640 g/mol. The fraction of sp³-hybridized carbons (Fsp3) is 0.407. The Morgan fingerprint density at radius 1 is 0.844 bits per heavy atom. The summed E-state index contributed by atoms with van der Waals surface area (Å²) in [4.78, 5) is 26.4. The number of phenols is 4. The molecule has 2 saturated heterocycles. The first-order chi connectivity index (χ1) is 21.1. The molecule has 2 aliphatic heterocycles. The van der Waals surface area contributed by atoms with Crippen molar-refractivity contribution in [3.05, 3.63) is 46.1 Å². The molecule has 5 rings (SSSR count). The third kappa shape index (κ3) is 5.21. The number of carboxylic acid groups (broad SMARTS) is 1. The van der Waals surface area contributed by atoms with E-state index in [0.717, 1.165) is 30.3 Å². The lowest BCUT2D eigenvalue weighted by Crippen LogP contribution is -2.69. The summed E-state index contributed by atoms with van der Waals surface area (Å²) in [5.74, 6) is -9.04. The number of fused-ring (bicyclic) bond motifs is 1. The van der Waals surface area contributed by atoms with Gasteiger partial charge in [-0.15, -0.1) is 0 Å². The molecule has 0 saturated carbocycles. The van der Waals surface area contributed by atoms with Crippen LogP contribution in [0.2, 0.25) is 0 Å². The molecule has 3 aromatic rings. The number of aliphatic hydroxyl groups excluding tert-OH is 7. The molecule has 0 spiro atoms. The highest BCUT2D eigenvalue weighted by molar-refractivity contribution is 5.87. The molecule has 0 unspecified atom stereocenters. The Morgan fingerprint density at radius 3 is 2.16 bits per heavy atom. The molecule has 2 aliphatic rings. The van der Waals surface area contributed by atoms with Crippen LogP contribution < -0.4 is 5.43 Å². The summed E-state index contributed by atoms with van der Waals surface area (Å²) in [6.45, 7) is -0.978. The van der Waals surface area contributed by atoms with Crippen LogP contribution in [0.5, 0.6) is 23.0 Å². The van der Waals surface area contributed by atoms with Crippen molar-refractivity contribution in [1.29, 1.82) is 0 Å². The van der Waals surface area contributed by atoms with Gasteiger partial charge in [0.2, 0.25) is 11.2 Å². The van der Waals surface area contributed by atoms with Crippen molar-refractivity contribution >= 4 is 16.9 Å². The molecule has 2 fully saturated rings. The highest BCUT2D eigenvalue weighted by atomic mass is 16.8. The average molecular weight is 641 g/mol. The second kappa shape index (κ2) is 11.7. The van der Waals surface area contributed by atoms with Gasteiger partial charge in [-0.05, 0) is 18.2 Å². The van der Waals surface area contributed by atoms with Crippen molar-refractivity contribution in [3.63, 3.8) is 0 Å². The molecule has 45 heavy (non-hydrogen) atoms. The molecule has 1 aromatic heterocycles. The number of ether oxygens (including phenoxy) is 3. The fourth-order valence-corrected chi connectivity index (χ4v) is 5.28. The summed E-state index contributed by atoms with van der Waals surface area (Å²) in [7, 11) is 0. The van der Waals surface area contributed by atoms with E-state index in [-0.39, 0.29) is 5.56 Å². The van der Waals surface area contributed by atoms with Crippen molar-refractivity contribution < 1.29 is 84.7 Å². The van der Waals surface area contributed by atoms with E-state index in [1.807, 2.05) is 0 Å². The molecule has 244 valence electrons. The zero-order chi connectivity index (χ0) is 33.1. The largest absolute Gasteiger partial charge is 0.508 e. The van der Waals surface area contributed by atoms with Gasteiger partial charge < -0.3 is 79.9 Å². The van der Waals surface area contributed by atoms with Crippen LogP contribution in [0, 0.1) is 0 Å². The average Bonchev–Trinajstić information content (AvgIpc) is 2.98. The third-order valence-corrected chi connectivity index (χ3v) is 7.60. The quantitative estimate of drug-likeness (QED) is 0.118. The lowest BCUT2D eigenvalue weighted by Gasteiger charge is -2.50. The maximum absolute atomic E-state index is 14.3. The standard InChI is InChI=1S/C27H28O18/c28-6-13-16(33)18(35)21(38)26(43-13)45-27(24(39)20(37)19(36)23(44-27)25(40)41)15-17(34)14-11(32)4-8(29)5-12(14)42-22(15)7-1-2-9(30)10(31)3-7/h1-5,13,16,18-21,23-24,26,28-33,35-39H,6H2,(H,40,41)/t13-,16+,18+,19+,20+,21-,23+,24-,26+,27+/m1/s1. The summed E-state index contributed by atoms with van der Waals surface area (Å²) in [6.07, 6.45) is -20.3. The molecule has 0 radical (unpaired) electrons. The topological polar surface area (TPSA) is 318 Å². The maximum Gasteiger partial charge on any atom is 0.335 e. The van der Waals surface area contributed by atoms with Gasteiger partial charge in [0.05, 0.1) is 6.61 Å². The smallest absolute Gasteiger partial charge is 0.335 e. The first-order valence-corrected chi connectivity index (χ1v) is 13.1. The number of hydrogen-bond donors (Lipinski definition) is 12. The number of hydrogen-bond acceptors (Lipinski definition) is 17. The zero-order valence-electron chi connectivity index (χ0n) is 22.6. The van der Waals surface area contributed by atoms with Crippen LogP contribution in [-0.4, -0.2) is 129 Å². The van der Waals surface area contributed by atoms with Crippen LogP contribution >= 0.6 is 0 Å². The van der Waals surface area contributed by atoms with E-state index in [1.54, 1.807) is 0 Å². The maximum atomic E-state index is 14.3. The van der Waals surface area contributed by atoms with Crippen molar-refractivity contribution in [1.82, 2.24) is 0 Å². The van der Waals surface area contributed by atoms with Gasteiger partial charge in [0, 0.05) is 17.7 Å². The summed E-state index contributed by atoms with van der Waals surface area (Å²) in [5, 5.41) is 123. The molecular weight excluding hydrogens is 612 g/mol. The van der Waals surface area contributed by atoms with Gasteiger partial charge in [-0.3, -0.25) is 4.79 Å². The Kier molecular flexibility index (Phi) is 8.40. The molecule has 10 atom stereocenters. The summed E-state index contributed by atoms with van der Waals surface area (Å²) in [6, 6.07) is 4.42. The van der Waals surface area contributed by atoms with E-state index < -0.39 is 124 Å². The second-order valence-electron chi connectivity index (χ2n) is 10.5. The van der Waals surface area contributed by atoms with Crippen LogP contribution in [0.1, 0.15) is 5.56 Å². The predicted octanol–water partition coefficient (Wildman–Crippen LogP) is -3.18. The third-order valence-electron chi connectivity index (χ3n) is 7.60. The molecule has 2 aromatic carbocycles. The number of aliphatic carboxylic acids is 1. The summed E-state index contributed by atoms with van der Waals surface area (Å²) >= 11 is 0. The number of carboxylic acids is 1. The minimum atomic E-state index is -3.38. The van der Waals surface area contributed by atoms with E-state index in [2.05, 4.69) is 0 Å². The number of carbonyl (C=O) groups is 1. The van der Waals surface area contributed by atoms with Crippen molar-refractivity contribution in [2.75, 3.05) is 6.61 Å². The molecule has 18 heteroatoms. The zero-order valence-corrected chi connectivity index (χ0v) is 22.6. The van der Waals surface area contributed by atoms with Crippen molar-refractivity contribution in [3.8, 4) is 34.3 Å². The molecule has 0 amide bonds. The Morgan fingerprint density at radius 2 is 1.53 bits per heavy atom. The molecule has 3 heterocycles. The van der Waals surface area contributed by atoms with Gasteiger partial charge in [0.25, 0.3) is 0 Å². The minimum Gasteiger partial charge on any atom is -0.508 e. The Bertz CT molecular complexity index is 1670. The predicted molar refractivity (Wildman–Crippen MR) is 142 cm³/mol. The molecule has 0 bridgehead atoms. The molecule has 0 aliphatic carbocycles. The van der Waals surface area contributed by atoms with Gasteiger partial charge in [0.1, 0.15) is 76.5 Å². The fourth-order valence-electron chi connectivity index (χ4n) is 5.28. The first-order valence-electron chi connectivity index (χ1n) is 13.1. The van der Waals surface area contributed by atoms with Crippen LogP contribution in [0.15, 0.2) is 39.5 Å². The van der Waals surface area contributed by atoms with Crippen molar-refractivity contribution in [2.24, 2.45) is 0 Å². The number of rotatable bonds is 6. The Hall–Kier alpha value is -4.08. The van der Waals surface area contributed by atoms with Crippen LogP contribution in [-0.2, 0) is 24.8 Å². The van der Waals surface area contributed by atoms with Gasteiger partial charge in [0.15, 0.2) is 23.9 Å². The van der Waals surface area contributed by atoms with E-state index >= 15 is 0 Å².